The maximum Gasteiger partial charge on any atom is 0.203 e. The minimum atomic E-state index is -3.06. The minimum Gasteiger partial charge on any atom is -0.493 e. The van der Waals surface area contributed by atoms with Crippen molar-refractivity contribution in [1.29, 1.82) is 0 Å². The van der Waals surface area contributed by atoms with Crippen LogP contribution in [0.3, 0.4) is 0 Å². The van der Waals surface area contributed by atoms with Gasteiger partial charge in [-0.15, -0.1) is 0 Å². The van der Waals surface area contributed by atoms with E-state index in [0.29, 0.717) is 22.6 Å². The van der Waals surface area contributed by atoms with Crippen molar-refractivity contribution < 1.29 is 22.6 Å². The second kappa shape index (κ2) is 7.73. The largest absolute Gasteiger partial charge is 0.493 e. The van der Waals surface area contributed by atoms with Gasteiger partial charge < -0.3 is 14.2 Å². The quantitative estimate of drug-likeness (QED) is 0.661. The van der Waals surface area contributed by atoms with Gasteiger partial charge in [0.15, 0.2) is 21.3 Å². The fourth-order valence-corrected chi connectivity index (χ4v) is 2.52. The first-order chi connectivity index (χ1) is 9.47. The average Bonchev–Trinajstić information content (AvgIpc) is 2.46. The summed E-state index contributed by atoms with van der Waals surface area (Å²) >= 11 is 3.37. The van der Waals surface area contributed by atoms with E-state index < -0.39 is 9.84 Å². The van der Waals surface area contributed by atoms with E-state index in [-0.39, 0.29) is 18.1 Å². The first-order valence-corrected chi connectivity index (χ1v) is 9.05. The van der Waals surface area contributed by atoms with Crippen molar-refractivity contribution in [2.75, 3.05) is 32.3 Å². The first-order valence-electron chi connectivity index (χ1n) is 6.11. The molecule has 0 atom stereocenters. The van der Waals surface area contributed by atoms with E-state index in [0.717, 1.165) is 5.56 Å². The molecular formula is C13H19BrO5S. The number of benzene rings is 1. The molecule has 0 N–H and O–H groups in total. The summed E-state index contributed by atoms with van der Waals surface area (Å²) in [7, 11) is 0.00463. The number of hydrogen-bond donors (Lipinski definition) is 0. The number of sulfone groups is 1. The molecule has 0 aromatic heterocycles. The number of ether oxygens (including phenoxy) is 3. The molecule has 5 nitrogen and oxygen atoms in total. The van der Waals surface area contributed by atoms with Crippen LogP contribution in [0.5, 0.6) is 17.2 Å². The molecule has 114 valence electrons. The summed E-state index contributed by atoms with van der Waals surface area (Å²) in [6.45, 7) is 1.68. The second-order valence-electron chi connectivity index (χ2n) is 4.05. The number of rotatable bonds is 8. The lowest BCUT2D eigenvalue weighted by Crippen LogP contribution is -2.16. The van der Waals surface area contributed by atoms with Crippen LogP contribution in [0.1, 0.15) is 12.5 Å². The molecule has 1 aromatic carbocycles. The third-order valence-corrected chi connectivity index (χ3v) is 5.07. The standard InChI is InChI=1S/C13H19BrO5S/c1-4-20(15,16)6-5-19-13-11(17-2)7-10(9-14)8-12(13)18-3/h7-8H,4-6,9H2,1-3H3. The Hall–Kier alpha value is -0.950. The molecular weight excluding hydrogens is 348 g/mol. The van der Waals surface area contributed by atoms with Gasteiger partial charge in [0.1, 0.15) is 6.61 Å². The van der Waals surface area contributed by atoms with Gasteiger partial charge in [-0.2, -0.15) is 0 Å². The van der Waals surface area contributed by atoms with Gasteiger partial charge in [-0.25, -0.2) is 8.42 Å². The first kappa shape index (κ1) is 17.1. The lowest BCUT2D eigenvalue weighted by molar-refractivity contribution is 0.288. The SMILES string of the molecule is CCS(=O)(=O)CCOc1c(OC)cc(CBr)cc1OC. The van der Waals surface area contributed by atoms with Gasteiger partial charge in [0.25, 0.3) is 0 Å². The molecule has 0 heterocycles. The van der Waals surface area contributed by atoms with Crippen LogP contribution >= 0.6 is 15.9 Å². The number of hydrogen-bond acceptors (Lipinski definition) is 5. The van der Waals surface area contributed by atoms with Crippen LogP contribution in [0.4, 0.5) is 0 Å². The Balaban J connectivity index is 2.93. The highest BCUT2D eigenvalue weighted by Gasteiger charge is 2.15. The predicted octanol–water partition coefficient (Wildman–Crippen LogP) is 2.41. The van der Waals surface area contributed by atoms with Crippen molar-refractivity contribution in [3.8, 4) is 17.2 Å². The zero-order valence-corrected chi connectivity index (χ0v) is 14.2. The molecule has 0 spiro atoms. The van der Waals surface area contributed by atoms with E-state index >= 15 is 0 Å². The molecule has 0 aliphatic heterocycles. The highest BCUT2D eigenvalue weighted by Crippen LogP contribution is 2.39. The van der Waals surface area contributed by atoms with E-state index in [9.17, 15) is 8.42 Å². The van der Waals surface area contributed by atoms with E-state index in [2.05, 4.69) is 15.9 Å². The van der Waals surface area contributed by atoms with Gasteiger partial charge in [0, 0.05) is 11.1 Å². The molecule has 0 radical (unpaired) electrons. The molecule has 0 unspecified atom stereocenters. The number of halogens is 1. The number of methoxy groups -OCH3 is 2. The van der Waals surface area contributed by atoms with Crippen molar-refractivity contribution in [3.05, 3.63) is 17.7 Å². The molecule has 0 saturated heterocycles. The van der Waals surface area contributed by atoms with Crippen LogP contribution < -0.4 is 14.2 Å². The molecule has 1 aromatic rings. The molecule has 0 aliphatic carbocycles. The van der Waals surface area contributed by atoms with Gasteiger partial charge in [-0.1, -0.05) is 22.9 Å². The summed E-state index contributed by atoms with van der Waals surface area (Å²) in [5, 5.41) is 0.657. The monoisotopic (exact) mass is 366 g/mol. The van der Waals surface area contributed by atoms with E-state index in [4.69, 9.17) is 14.2 Å². The Morgan fingerprint density at radius 3 is 2.10 bits per heavy atom. The lowest BCUT2D eigenvalue weighted by Gasteiger charge is -2.15. The van der Waals surface area contributed by atoms with Gasteiger partial charge in [0.05, 0.1) is 20.0 Å². The Morgan fingerprint density at radius 2 is 1.70 bits per heavy atom. The third kappa shape index (κ3) is 4.56. The topological polar surface area (TPSA) is 61.8 Å². The molecule has 0 aliphatic rings. The summed E-state index contributed by atoms with van der Waals surface area (Å²) in [5.74, 6) is 1.54. The minimum absolute atomic E-state index is 0.0317. The Bertz CT molecular complexity index is 517. The van der Waals surface area contributed by atoms with Crippen LogP contribution in [0.25, 0.3) is 0 Å². The van der Waals surface area contributed by atoms with Gasteiger partial charge in [-0.3, -0.25) is 0 Å². The fraction of sp³-hybridized carbons (Fsp3) is 0.538. The van der Waals surface area contributed by atoms with Crippen molar-refractivity contribution in [3.63, 3.8) is 0 Å². The van der Waals surface area contributed by atoms with Crippen molar-refractivity contribution in [1.82, 2.24) is 0 Å². The van der Waals surface area contributed by atoms with Gasteiger partial charge >= 0.3 is 0 Å². The normalized spacial score (nSPS) is 11.2. The molecule has 0 amide bonds. The Labute approximate surface area is 128 Å². The summed E-state index contributed by atoms with van der Waals surface area (Å²) < 4.78 is 39.0. The maximum atomic E-state index is 11.5. The molecule has 0 saturated carbocycles. The summed E-state index contributed by atoms with van der Waals surface area (Å²) in [4.78, 5) is 0. The molecule has 0 fully saturated rings. The fourth-order valence-electron chi connectivity index (χ4n) is 1.57. The highest BCUT2D eigenvalue weighted by molar-refractivity contribution is 9.08. The van der Waals surface area contributed by atoms with Crippen LogP contribution in [0, 0.1) is 0 Å². The van der Waals surface area contributed by atoms with Crippen LogP contribution in [-0.2, 0) is 15.2 Å². The van der Waals surface area contributed by atoms with Crippen molar-refractivity contribution in [2.45, 2.75) is 12.3 Å². The van der Waals surface area contributed by atoms with E-state index in [1.807, 2.05) is 12.1 Å². The van der Waals surface area contributed by atoms with E-state index in [1.165, 1.54) is 14.2 Å². The van der Waals surface area contributed by atoms with Gasteiger partial charge in [0.2, 0.25) is 5.75 Å². The summed E-state index contributed by atoms with van der Waals surface area (Å²) in [6.07, 6.45) is 0. The lowest BCUT2D eigenvalue weighted by atomic mass is 10.2. The molecule has 0 bridgehead atoms. The van der Waals surface area contributed by atoms with Gasteiger partial charge in [-0.05, 0) is 17.7 Å². The zero-order chi connectivity index (χ0) is 15.2. The van der Waals surface area contributed by atoms with E-state index in [1.54, 1.807) is 6.92 Å². The Morgan fingerprint density at radius 1 is 1.15 bits per heavy atom. The smallest absolute Gasteiger partial charge is 0.203 e. The molecule has 20 heavy (non-hydrogen) atoms. The zero-order valence-electron chi connectivity index (χ0n) is 11.8. The average molecular weight is 367 g/mol. The molecule has 1 rings (SSSR count). The summed E-state index contributed by atoms with van der Waals surface area (Å²) in [6, 6.07) is 3.64. The molecule has 7 heteroatoms. The highest BCUT2D eigenvalue weighted by atomic mass is 79.9. The maximum absolute atomic E-state index is 11.5. The van der Waals surface area contributed by atoms with Crippen molar-refractivity contribution >= 4 is 25.8 Å². The van der Waals surface area contributed by atoms with Crippen LogP contribution in [0.2, 0.25) is 0 Å². The van der Waals surface area contributed by atoms with Crippen LogP contribution in [-0.4, -0.2) is 40.7 Å². The van der Waals surface area contributed by atoms with Crippen LogP contribution in [0.15, 0.2) is 12.1 Å². The predicted molar refractivity (Wildman–Crippen MR) is 82.0 cm³/mol. The number of alkyl halides is 1. The van der Waals surface area contributed by atoms with Crippen molar-refractivity contribution in [2.24, 2.45) is 0 Å². The Kier molecular flexibility index (Phi) is 6.61. The second-order valence-corrected chi connectivity index (χ2v) is 7.08. The third-order valence-electron chi connectivity index (χ3n) is 2.76. The summed E-state index contributed by atoms with van der Waals surface area (Å²) in [5.41, 5.74) is 0.979.